The van der Waals surface area contributed by atoms with Crippen LogP contribution in [0.5, 0.6) is 0 Å². The van der Waals surface area contributed by atoms with Gasteiger partial charge in [-0.05, 0) is 72.1 Å². The molecule has 0 spiro atoms. The van der Waals surface area contributed by atoms with E-state index in [4.69, 9.17) is 4.43 Å². The van der Waals surface area contributed by atoms with Gasteiger partial charge >= 0.3 is 6.09 Å². The van der Waals surface area contributed by atoms with Crippen molar-refractivity contribution in [2.75, 3.05) is 13.2 Å². The molecule has 2 atom stereocenters. The molecule has 0 aromatic heterocycles. The second-order valence-electron chi connectivity index (χ2n) is 10.1. The van der Waals surface area contributed by atoms with E-state index in [-0.39, 0.29) is 29.5 Å². The first-order valence-electron chi connectivity index (χ1n) is 11.1. The number of fused-ring (bicyclic) bond motifs is 1. The van der Waals surface area contributed by atoms with Crippen LogP contribution in [-0.4, -0.2) is 52.0 Å². The first-order chi connectivity index (χ1) is 15.6. The normalized spacial score (nSPS) is 18.6. The molecule has 10 heteroatoms. The zero-order valence-electron chi connectivity index (χ0n) is 20.0. The molecule has 0 bridgehead atoms. The van der Waals surface area contributed by atoms with E-state index < -0.39 is 41.4 Å². The van der Waals surface area contributed by atoms with Gasteiger partial charge in [0.15, 0.2) is 18.2 Å². The van der Waals surface area contributed by atoms with E-state index >= 15 is 0 Å². The fraction of sp³-hybridized carbons (Fsp3) is 0.458. The average Bonchev–Trinajstić information content (AvgIpc) is 3.09. The third-order valence-electron chi connectivity index (χ3n) is 6.91. The van der Waals surface area contributed by atoms with Crippen molar-refractivity contribution in [1.29, 1.82) is 0 Å². The number of sulfone groups is 1. The minimum Gasteiger partial charge on any atom is -0.465 e. The number of hydrogen-bond donors (Lipinski definition) is 1. The summed E-state index contributed by atoms with van der Waals surface area (Å²) in [6.07, 6.45) is -0.943. The molecule has 1 N–H and O–H groups in total. The molecule has 2 unspecified atom stereocenters. The lowest BCUT2D eigenvalue weighted by atomic mass is 10.1. The Labute approximate surface area is 210 Å². The molecule has 186 valence electrons. The maximum Gasteiger partial charge on any atom is 0.407 e. The molecule has 6 nitrogen and oxygen atoms in total. The highest BCUT2D eigenvalue weighted by Gasteiger charge is 2.46. The van der Waals surface area contributed by atoms with Gasteiger partial charge in [-0.25, -0.2) is 17.6 Å². The average molecular weight is 573 g/mol. The summed E-state index contributed by atoms with van der Waals surface area (Å²) in [7, 11) is -6.11. The summed E-state index contributed by atoms with van der Waals surface area (Å²) in [6, 6.07) is 9.11. The Hall–Kier alpha value is -1.75. The molecule has 3 rings (SSSR count). The number of rotatable bonds is 7. The number of hydrogen-bond acceptors (Lipinski definition) is 4. The van der Waals surface area contributed by atoms with E-state index in [2.05, 4.69) is 49.8 Å². The van der Waals surface area contributed by atoms with Crippen LogP contribution in [0, 0.1) is 5.82 Å². The number of halogens is 2. The van der Waals surface area contributed by atoms with E-state index in [1.165, 1.54) is 17.0 Å². The van der Waals surface area contributed by atoms with Crippen molar-refractivity contribution in [3.05, 3.63) is 63.9 Å². The smallest absolute Gasteiger partial charge is 0.407 e. The highest BCUT2D eigenvalue weighted by molar-refractivity contribution is 9.10. The zero-order chi connectivity index (χ0) is 25.5. The lowest BCUT2D eigenvalue weighted by molar-refractivity contribution is 0.111. The molecule has 34 heavy (non-hydrogen) atoms. The Kier molecular flexibility index (Phi) is 7.67. The topological polar surface area (TPSA) is 83.9 Å². The quantitative estimate of drug-likeness (QED) is 0.324. The highest BCUT2D eigenvalue weighted by atomic mass is 79.9. The summed E-state index contributed by atoms with van der Waals surface area (Å²) in [5.41, 5.74) is 1.33. The van der Waals surface area contributed by atoms with Gasteiger partial charge in [0.2, 0.25) is 0 Å². The van der Waals surface area contributed by atoms with Crippen molar-refractivity contribution < 1.29 is 27.1 Å². The highest BCUT2D eigenvalue weighted by Crippen LogP contribution is 2.44. The van der Waals surface area contributed by atoms with Crippen molar-refractivity contribution in [2.24, 2.45) is 0 Å². The largest absolute Gasteiger partial charge is 0.465 e. The van der Waals surface area contributed by atoms with Crippen LogP contribution in [0.15, 0.2) is 51.8 Å². The van der Waals surface area contributed by atoms with E-state index in [1.807, 2.05) is 6.07 Å². The van der Waals surface area contributed by atoms with Crippen LogP contribution in [0.3, 0.4) is 0 Å². The Balaban J connectivity index is 1.98. The van der Waals surface area contributed by atoms with Crippen LogP contribution in [0.2, 0.25) is 18.1 Å². The molecule has 1 aliphatic rings. The molecule has 1 amide bonds. The van der Waals surface area contributed by atoms with E-state index in [9.17, 15) is 22.7 Å². The third kappa shape index (κ3) is 5.40. The van der Waals surface area contributed by atoms with E-state index in [0.29, 0.717) is 5.56 Å². The number of carbonyl (C=O) groups is 1. The molecular formula is C24H31BrFNO5SSi. The van der Waals surface area contributed by atoms with Crippen LogP contribution in [0.1, 0.15) is 37.1 Å². The second kappa shape index (κ2) is 9.71. The van der Waals surface area contributed by atoms with E-state index in [0.717, 1.165) is 22.2 Å². The fourth-order valence-electron chi connectivity index (χ4n) is 4.01. The molecule has 0 heterocycles. The fourth-order valence-corrected chi connectivity index (χ4v) is 7.48. The summed E-state index contributed by atoms with van der Waals surface area (Å²) < 4.78 is 47.9. The summed E-state index contributed by atoms with van der Waals surface area (Å²) in [6.45, 7) is 10.7. The summed E-state index contributed by atoms with van der Waals surface area (Å²) in [5.74, 6) is -0.541. The van der Waals surface area contributed by atoms with Crippen LogP contribution in [0.25, 0.3) is 0 Å². The Morgan fingerprint density at radius 1 is 1.21 bits per heavy atom. The maximum absolute atomic E-state index is 13.7. The van der Waals surface area contributed by atoms with Crippen molar-refractivity contribution in [3.63, 3.8) is 0 Å². The molecular weight excluding hydrogens is 541 g/mol. The molecule has 0 fully saturated rings. The standard InChI is InChI=1S/C24H31BrFNO5SSi/c1-24(2,3)34(4,5)32-13-12-27(23(28)29)21-15-16-14-17(25)6-11-20(16)22(21)33(30,31)19-9-7-18(26)8-10-19/h6-11,14,21-22H,12-13,15H2,1-5H3,(H,28,29). The summed E-state index contributed by atoms with van der Waals surface area (Å²) >= 11 is 3.42. The van der Waals surface area contributed by atoms with Gasteiger partial charge in [-0.15, -0.1) is 0 Å². The predicted molar refractivity (Wildman–Crippen MR) is 136 cm³/mol. The number of carboxylic acid groups (broad SMARTS) is 1. The minimum absolute atomic E-state index is 0.0363. The van der Waals surface area contributed by atoms with Gasteiger partial charge in [-0.2, -0.15) is 0 Å². The minimum atomic E-state index is -4.01. The van der Waals surface area contributed by atoms with Gasteiger partial charge < -0.3 is 14.4 Å². The predicted octanol–water partition coefficient (Wildman–Crippen LogP) is 6.03. The third-order valence-corrected chi connectivity index (χ3v) is 14.1. The first-order valence-corrected chi connectivity index (χ1v) is 16.3. The van der Waals surface area contributed by atoms with Gasteiger partial charge in [-0.3, -0.25) is 0 Å². The van der Waals surface area contributed by atoms with Gasteiger partial charge in [0.05, 0.1) is 17.5 Å². The molecule has 0 radical (unpaired) electrons. The Morgan fingerprint density at radius 3 is 2.38 bits per heavy atom. The number of nitrogens with zero attached hydrogens (tertiary/aromatic N) is 1. The van der Waals surface area contributed by atoms with E-state index in [1.54, 1.807) is 12.1 Å². The molecule has 0 aliphatic heterocycles. The van der Waals surface area contributed by atoms with Gasteiger partial charge in [0, 0.05) is 11.0 Å². The lowest BCUT2D eigenvalue weighted by Gasteiger charge is -2.37. The number of benzene rings is 2. The lowest BCUT2D eigenvalue weighted by Crippen LogP contribution is -2.48. The van der Waals surface area contributed by atoms with Crippen LogP contribution in [0.4, 0.5) is 9.18 Å². The molecule has 2 aromatic rings. The summed E-state index contributed by atoms with van der Waals surface area (Å²) in [5, 5.41) is 8.93. The zero-order valence-corrected chi connectivity index (χ0v) is 23.4. The van der Waals surface area contributed by atoms with Crippen LogP contribution in [-0.2, 0) is 20.7 Å². The monoisotopic (exact) mass is 571 g/mol. The van der Waals surface area contributed by atoms with Crippen molar-refractivity contribution >= 4 is 40.2 Å². The second-order valence-corrected chi connectivity index (χ2v) is 17.9. The van der Waals surface area contributed by atoms with Crippen LogP contribution < -0.4 is 0 Å². The molecule has 1 aliphatic carbocycles. The van der Waals surface area contributed by atoms with Crippen molar-refractivity contribution in [2.45, 2.75) is 61.5 Å². The summed E-state index contributed by atoms with van der Waals surface area (Å²) in [4.78, 5) is 13.5. The van der Waals surface area contributed by atoms with Gasteiger partial charge in [0.1, 0.15) is 11.1 Å². The Bertz CT molecular complexity index is 1160. The van der Waals surface area contributed by atoms with Crippen LogP contribution >= 0.6 is 15.9 Å². The molecule has 0 saturated carbocycles. The van der Waals surface area contributed by atoms with Gasteiger partial charge in [-0.1, -0.05) is 42.8 Å². The Morgan fingerprint density at radius 2 is 1.82 bits per heavy atom. The molecule has 2 aromatic carbocycles. The number of amides is 1. The maximum atomic E-state index is 13.7. The molecule has 0 saturated heterocycles. The van der Waals surface area contributed by atoms with Crippen molar-refractivity contribution in [1.82, 2.24) is 4.90 Å². The van der Waals surface area contributed by atoms with Gasteiger partial charge in [0.25, 0.3) is 0 Å². The first kappa shape index (κ1) is 26.8. The van der Waals surface area contributed by atoms with Crippen molar-refractivity contribution in [3.8, 4) is 0 Å². The SMILES string of the molecule is CC(C)(C)[Si](C)(C)OCCN(C(=O)O)C1Cc2cc(Br)ccc2C1S(=O)(=O)c1ccc(F)cc1.